The van der Waals surface area contributed by atoms with Gasteiger partial charge in [0.25, 0.3) is 5.91 Å². The van der Waals surface area contributed by atoms with Crippen LogP contribution < -0.4 is 10.6 Å². The maximum atomic E-state index is 12.2. The van der Waals surface area contributed by atoms with Crippen molar-refractivity contribution >= 4 is 22.6 Å². The van der Waals surface area contributed by atoms with Crippen LogP contribution in [0.4, 0.5) is 5.82 Å². The number of nitrogens with zero attached hydrogens (tertiary/aromatic N) is 5. The molecule has 4 aromatic rings. The standard InChI is InChI=1S/C24H25N7O/c1-15(18-5-4-6-19-20(24(32)25-3)8-10-27-23(18)19)7-9-26-22-12-21(28-14-29-22)17-11-16(2)31-30-13-17/h4-6,8,10-15H,7,9H2,1-3H3,(H,25,32)(H,26,28,29). The smallest absolute Gasteiger partial charge is 0.251 e. The molecule has 32 heavy (non-hydrogen) atoms. The van der Waals surface area contributed by atoms with E-state index in [9.17, 15) is 4.79 Å². The van der Waals surface area contributed by atoms with E-state index in [2.05, 4.69) is 48.8 Å². The summed E-state index contributed by atoms with van der Waals surface area (Å²) in [5.41, 5.74) is 5.17. The molecule has 2 N–H and O–H groups in total. The van der Waals surface area contributed by atoms with Crippen LogP contribution in [0.15, 0.2) is 55.1 Å². The van der Waals surface area contributed by atoms with Crippen LogP contribution in [0.5, 0.6) is 0 Å². The maximum Gasteiger partial charge on any atom is 0.251 e. The monoisotopic (exact) mass is 427 g/mol. The van der Waals surface area contributed by atoms with E-state index in [4.69, 9.17) is 0 Å². The van der Waals surface area contributed by atoms with E-state index >= 15 is 0 Å². The summed E-state index contributed by atoms with van der Waals surface area (Å²) in [5.74, 6) is 0.893. The van der Waals surface area contributed by atoms with Gasteiger partial charge in [0.1, 0.15) is 12.1 Å². The number of amides is 1. The normalized spacial score (nSPS) is 11.8. The number of aromatic nitrogens is 5. The molecule has 1 unspecified atom stereocenters. The highest BCUT2D eigenvalue weighted by atomic mass is 16.1. The van der Waals surface area contributed by atoms with E-state index in [1.165, 1.54) is 0 Å². The van der Waals surface area contributed by atoms with E-state index in [1.54, 1.807) is 31.8 Å². The van der Waals surface area contributed by atoms with Crippen LogP contribution in [0.2, 0.25) is 0 Å². The van der Waals surface area contributed by atoms with Gasteiger partial charge in [0.15, 0.2) is 0 Å². The first-order valence-corrected chi connectivity index (χ1v) is 10.5. The number of nitrogens with one attached hydrogen (secondary N) is 2. The van der Waals surface area contributed by atoms with Crippen molar-refractivity contribution in [2.45, 2.75) is 26.2 Å². The van der Waals surface area contributed by atoms with Crippen LogP contribution in [-0.2, 0) is 0 Å². The summed E-state index contributed by atoms with van der Waals surface area (Å²) >= 11 is 0. The van der Waals surface area contributed by atoms with E-state index in [1.807, 2.05) is 31.2 Å². The number of carbonyl (C=O) groups excluding carboxylic acids is 1. The van der Waals surface area contributed by atoms with Crippen LogP contribution in [0, 0.1) is 6.92 Å². The molecule has 1 aromatic carbocycles. The SMILES string of the molecule is CNC(=O)c1ccnc2c(C(C)CCNc3cc(-c4cnnc(C)c4)ncn3)cccc12. The lowest BCUT2D eigenvalue weighted by molar-refractivity contribution is 0.0964. The number of hydrogen-bond donors (Lipinski definition) is 2. The first-order chi connectivity index (χ1) is 15.6. The van der Waals surface area contributed by atoms with Crippen molar-refractivity contribution in [2.75, 3.05) is 18.9 Å². The number of fused-ring (bicyclic) bond motifs is 1. The minimum absolute atomic E-state index is 0.108. The average molecular weight is 428 g/mol. The Bertz CT molecular complexity index is 1260. The minimum Gasteiger partial charge on any atom is -0.370 e. The molecular formula is C24H25N7O. The lowest BCUT2D eigenvalue weighted by Gasteiger charge is -2.16. The fourth-order valence-corrected chi connectivity index (χ4v) is 3.73. The molecule has 0 bridgehead atoms. The minimum atomic E-state index is -0.108. The molecular weight excluding hydrogens is 402 g/mol. The van der Waals surface area contributed by atoms with Crippen molar-refractivity contribution in [3.63, 3.8) is 0 Å². The zero-order valence-corrected chi connectivity index (χ0v) is 18.3. The van der Waals surface area contributed by atoms with Gasteiger partial charge in [0, 0.05) is 36.8 Å². The highest BCUT2D eigenvalue weighted by Gasteiger charge is 2.15. The Hall–Kier alpha value is -3.94. The van der Waals surface area contributed by atoms with Crippen LogP contribution in [-0.4, -0.2) is 44.6 Å². The number of pyridine rings is 1. The molecule has 0 fully saturated rings. The van der Waals surface area contributed by atoms with Crippen molar-refractivity contribution in [1.82, 2.24) is 30.5 Å². The van der Waals surface area contributed by atoms with Crippen LogP contribution >= 0.6 is 0 Å². The summed E-state index contributed by atoms with van der Waals surface area (Å²) in [6.45, 7) is 4.80. The Balaban J connectivity index is 1.47. The third kappa shape index (κ3) is 4.54. The van der Waals surface area contributed by atoms with Gasteiger partial charge in [-0.3, -0.25) is 9.78 Å². The molecule has 0 radical (unpaired) electrons. The van der Waals surface area contributed by atoms with Gasteiger partial charge in [-0.25, -0.2) is 9.97 Å². The largest absolute Gasteiger partial charge is 0.370 e. The van der Waals surface area contributed by atoms with Crippen molar-refractivity contribution in [3.05, 3.63) is 71.9 Å². The quantitative estimate of drug-likeness (QED) is 0.463. The summed E-state index contributed by atoms with van der Waals surface area (Å²) in [5, 5.41) is 14.9. The number of aryl methyl sites for hydroxylation is 1. The van der Waals surface area contributed by atoms with Gasteiger partial charge < -0.3 is 10.6 Å². The van der Waals surface area contributed by atoms with Gasteiger partial charge in [0.2, 0.25) is 0 Å². The third-order valence-corrected chi connectivity index (χ3v) is 5.43. The van der Waals surface area contributed by atoms with Crippen molar-refractivity contribution in [2.24, 2.45) is 0 Å². The zero-order chi connectivity index (χ0) is 22.5. The summed E-state index contributed by atoms with van der Waals surface area (Å²) < 4.78 is 0. The van der Waals surface area contributed by atoms with Crippen LogP contribution in [0.3, 0.4) is 0 Å². The molecule has 4 rings (SSSR count). The molecule has 0 saturated carbocycles. The second-order valence-corrected chi connectivity index (χ2v) is 7.67. The third-order valence-electron chi connectivity index (χ3n) is 5.43. The summed E-state index contributed by atoms with van der Waals surface area (Å²) in [4.78, 5) is 25.5. The van der Waals surface area contributed by atoms with Crippen molar-refractivity contribution in [3.8, 4) is 11.3 Å². The maximum absolute atomic E-state index is 12.2. The van der Waals surface area contributed by atoms with Gasteiger partial charge in [-0.2, -0.15) is 10.2 Å². The van der Waals surface area contributed by atoms with E-state index < -0.39 is 0 Å². The molecule has 8 heteroatoms. The molecule has 0 aliphatic rings. The lowest BCUT2D eigenvalue weighted by atomic mass is 9.94. The second-order valence-electron chi connectivity index (χ2n) is 7.67. The number of benzene rings is 1. The van der Waals surface area contributed by atoms with Crippen molar-refractivity contribution in [1.29, 1.82) is 0 Å². The van der Waals surface area contributed by atoms with Crippen LogP contribution in [0.25, 0.3) is 22.2 Å². The Morgan fingerprint density at radius 2 is 2.00 bits per heavy atom. The molecule has 0 saturated heterocycles. The molecule has 8 nitrogen and oxygen atoms in total. The molecule has 0 spiro atoms. The topological polar surface area (TPSA) is 106 Å². The fourth-order valence-electron chi connectivity index (χ4n) is 3.73. The van der Waals surface area contributed by atoms with Gasteiger partial charge >= 0.3 is 0 Å². The summed E-state index contributed by atoms with van der Waals surface area (Å²) in [6, 6.07) is 11.6. The van der Waals surface area contributed by atoms with Crippen molar-refractivity contribution < 1.29 is 4.79 Å². The molecule has 3 aromatic heterocycles. The fraction of sp³-hybridized carbons (Fsp3) is 0.250. The Kier molecular flexibility index (Phi) is 6.30. The Morgan fingerprint density at radius 1 is 1.12 bits per heavy atom. The molecule has 162 valence electrons. The summed E-state index contributed by atoms with van der Waals surface area (Å²) in [7, 11) is 1.64. The number of anilines is 1. The van der Waals surface area contributed by atoms with Gasteiger partial charge in [-0.1, -0.05) is 25.1 Å². The van der Waals surface area contributed by atoms with Crippen LogP contribution in [0.1, 0.15) is 40.9 Å². The number of rotatable bonds is 7. The Morgan fingerprint density at radius 3 is 2.81 bits per heavy atom. The molecule has 1 amide bonds. The summed E-state index contributed by atoms with van der Waals surface area (Å²) in [6.07, 6.45) is 5.81. The molecule has 0 aliphatic carbocycles. The molecule has 3 heterocycles. The average Bonchev–Trinajstić information content (AvgIpc) is 2.83. The van der Waals surface area contributed by atoms with Gasteiger partial charge in [0.05, 0.1) is 28.7 Å². The van der Waals surface area contributed by atoms with Gasteiger partial charge in [-0.05, 0) is 37.0 Å². The van der Waals surface area contributed by atoms with E-state index in [-0.39, 0.29) is 11.8 Å². The predicted octanol–water partition coefficient (Wildman–Crippen LogP) is 3.76. The zero-order valence-electron chi connectivity index (χ0n) is 18.3. The highest BCUT2D eigenvalue weighted by Crippen LogP contribution is 2.28. The number of para-hydroxylation sites is 1. The molecule has 0 aliphatic heterocycles. The second kappa shape index (κ2) is 9.47. The lowest BCUT2D eigenvalue weighted by Crippen LogP contribution is -2.18. The van der Waals surface area contributed by atoms with E-state index in [0.29, 0.717) is 5.56 Å². The number of carbonyl (C=O) groups is 1. The Labute approximate surface area is 186 Å². The molecule has 1 atom stereocenters. The highest BCUT2D eigenvalue weighted by molar-refractivity contribution is 6.06. The predicted molar refractivity (Wildman–Crippen MR) is 124 cm³/mol. The number of hydrogen-bond acceptors (Lipinski definition) is 7. The van der Waals surface area contributed by atoms with E-state index in [0.717, 1.165) is 52.2 Å². The first-order valence-electron chi connectivity index (χ1n) is 10.5. The first kappa shape index (κ1) is 21.3. The van der Waals surface area contributed by atoms with Gasteiger partial charge in [-0.15, -0.1) is 0 Å².